The van der Waals surface area contributed by atoms with Gasteiger partial charge in [0.1, 0.15) is 11.4 Å². The van der Waals surface area contributed by atoms with E-state index >= 15 is 0 Å². The predicted molar refractivity (Wildman–Crippen MR) is 346 cm³/mol. The first-order chi connectivity index (χ1) is 42.2. The van der Waals surface area contributed by atoms with Gasteiger partial charge >= 0.3 is 5.97 Å². The van der Waals surface area contributed by atoms with Crippen LogP contribution in [0.4, 0.5) is 5.69 Å². The van der Waals surface area contributed by atoms with Gasteiger partial charge in [-0.15, -0.1) is 11.8 Å². The van der Waals surface area contributed by atoms with Gasteiger partial charge in [-0.3, -0.25) is 23.7 Å². The van der Waals surface area contributed by atoms with E-state index in [1.807, 2.05) is 58.0 Å². The topological polar surface area (TPSA) is 278 Å². The molecule has 3 aliphatic heterocycles. The summed E-state index contributed by atoms with van der Waals surface area (Å²) < 4.78 is 83.8. The fraction of sp³-hybridized carbons (Fsp3) is 0.463. The average molecular weight is 1340 g/mol. The summed E-state index contributed by atoms with van der Waals surface area (Å²) in [6.07, 6.45) is 8.26. The molecule has 7 atom stereocenters. The molecule has 5 aromatic rings. The third-order valence-electron chi connectivity index (χ3n) is 19.5. The number of carbonyl (C=O) groups is 3. The molecule has 478 valence electrons. The van der Waals surface area contributed by atoms with Crippen molar-refractivity contribution in [2.24, 2.45) is 22.2 Å². The third kappa shape index (κ3) is 12.2. The van der Waals surface area contributed by atoms with Crippen molar-refractivity contribution in [3.8, 4) is 29.1 Å². The fourth-order valence-electron chi connectivity index (χ4n) is 15.5. The summed E-state index contributed by atoms with van der Waals surface area (Å²) in [5.41, 5.74) is 0.631. The van der Waals surface area contributed by atoms with Gasteiger partial charge in [-0.1, -0.05) is 92.0 Å². The molecule has 2 unspecified atom stereocenters. The molecule has 0 radical (unpaired) electrons. The minimum Gasteiger partial charge on any atom is -0.508 e. The number of unbranched alkanes of at least 4 members (excludes halogenated alkanes) is 2. The lowest BCUT2D eigenvalue weighted by atomic mass is 9.53. The van der Waals surface area contributed by atoms with Crippen molar-refractivity contribution in [1.82, 2.24) is 10.6 Å². The van der Waals surface area contributed by atoms with Gasteiger partial charge in [0.2, 0.25) is 11.8 Å². The quantitative estimate of drug-likeness (QED) is 0.0156. The molecular formula is C67H73Cl3N4O13S3. The normalized spacial score (nSPS) is 24.1. The van der Waals surface area contributed by atoms with E-state index in [1.165, 1.54) is 11.1 Å². The van der Waals surface area contributed by atoms with Crippen LogP contribution < -0.4 is 31.3 Å². The first-order valence-corrected chi connectivity index (χ1v) is 35.4. The van der Waals surface area contributed by atoms with E-state index in [9.17, 15) is 55.6 Å². The monoisotopic (exact) mass is 1340 g/mol. The number of phenolic OH excluding ortho intramolecular Hbond substituents is 1. The Morgan fingerprint density at radius 2 is 1.51 bits per heavy atom. The second kappa shape index (κ2) is 24.2. The van der Waals surface area contributed by atoms with Crippen LogP contribution in [-0.2, 0) is 42.8 Å². The molecule has 0 saturated heterocycles. The van der Waals surface area contributed by atoms with Crippen LogP contribution >= 0.6 is 46.6 Å². The van der Waals surface area contributed by atoms with Gasteiger partial charge in [0.25, 0.3) is 20.2 Å². The Morgan fingerprint density at radius 3 is 2.21 bits per heavy atom. The number of thioether (sulfide) groups is 1. The molecule has 11 rings (SSSR count). The Labute approximate surface area is 543 Å². The Kier molecular flexibility index (Phi) is 17.7. The highest BCUT2D eigenvalue weighted by molar-refractivity contribution is 8.00. The fourth-order valence-corrected chi connectivity index (χ4v) is 19.1. The second-order valence-corrected chi connectivity index (χ2v) is 31.6. The summed E-state index contributed by atoms with van der Waals surface area (Å²) in [6.45, 7) is 13.7. The largest absolute Gasteiger partial charge is 0.508 e. The van der Waals surface area contributed by atoms with E-state index in [-0.39, 0.29) is 83.9 Å². The maximum absolute atomic E-state index is 13.8. The number of ether oxygens (including phenoxy) is 1. The lowest BCUT2D eigenvalue weighted by Crippen LogP contribution is -2.50. The van der Waals surface area contributed by atoms with E-state index in [0.29, 0.717) is 79.7 Å². The Bertz CT molecular complexity index is 4300. The SMILES string of the molecule is CC1CC(C)(C)Nc2c1cc1c(c2S(=O)(=O)O)Oc2c(S(=O)(=O)O)c3c(cc2=C1c1c(Cl)c(SCC(=O)NCCCCCC(=O)NCc2ccc(C#C[C@]4(O)CC[C@H]5[C@@H]6CCc7cc(O)ccc7[C@H]6CC[C@@]54C)cc2)c(Cl)c(Cl)c1C(=O)O)C(C)CC(C)(C)N=3. The maximum atomic E-state index is 13.8. The molecule has 5 aromatic carbocycles. The molecule has 3 aliphatic carbocycles. The van der Waals surface area contributed by atoms with Crippen molar-refractivity contribution in [3.63, 3.8) is 0 Å². The minimum absolute atomic E-state index is 0.0422. The molecule has 0 aromatic heterocycles. The number of fused-ring (bicyclic) bond motifs is 9. The van der Waals surface area contributed by atoms with E-state index in [1.54, 1.807) is 32.0 Å². The molecule has 3 heterocycles. The van der Waals surface area contributed by atoms with Crippen LogP contribution in [0.3, 0.4) is 0 Å². The van der Waals surface area contributed by atoms with Crippen LogP contribution in [0.25, 0.3) is 5.57 Å². The van der Waals surface area contributed by atoms with Gasteiger partial charge in [-0.05, 0) is 186 Å². The Hall–Kier alpha value is -5.86. The summed E-state index contributed by atoms with van der Waals surface area (Å²) in [7, 11) is -10.6. The number of hydrogen-bond acceptors (Lipinski definition) is 13. The van der Waals surface area contributed by atoms with Crippen LogP contribution in [-0.4, -0.2) is 88.0 Å². The summed E-state index contributed by atoms with van der Waals surface area (Å²) >= 11 is 22.0. The third-order valence-corrected chi connectivity index (χ3v) is 23.9. The number of benzene rings is 5. The number of anilines is 1. The average Bonchev–Trinajstić information content (AvgIpc) is 0.803. The highest BCUT2D eigenvalue weighted by atomic mass is 35.5. The minimum atomic E-state index is -5.32. The first kappa shape index (κ1) is 65.6. The van der Waals surface area contributed by atoms with Crippen LogP contribution in [0, 0.1) is 29.1 Å². The van der Waals surface area contributed by atoms with Crippen molar-refractivity contribution in [1.29, 1.82) is 0 Å². The number of phenols is 1. The Balaban J connectivity index is 0.760. The standard InChI is InChI=1S/C67H73Cl3N4O13S3/c1-34-30-64(3,4)73-56-43(34)28-45-50(46-29-44-35(2)31-65(5,6)74-57(44)62(90(84,85)86)59(46)87-58(45)61(56)89(81,82)83)51-52(63(78)79)53(68)55(70)60(54(51)69)88-33-49(77)71-26-10-8-9-11-48(76)72-32-37-14-12-36(13-15-37)20-24-67(80)25-22-47-42-18-16-38-27-39(75)17-19-40(38)41(42)21-23-66(47,67)7/h12-15,17,19,27-29,34-35,41-42,47,73,75,80H,8-11,16,18,21-23,25-26,30-33H2,1-7H3,(H,71,77)(H,72,76)(H,78,79)(H,81,82,83)(H,84,85,86)/t34?,35?,41-,42-,47+,66+,67+/m1/s1. The lowest BCUT2D eigenvalue weighted by molar-refractivity contribution is -0.121. The van der Waals surface area contributed by atoms with Crippen molar-refractivity contribution < 1.29 is 60.4 Å². The highest BCUT2D eigenvalue weighted by Gasteiger charge is 2.61. The van der Waals surface area contributed by atoms with Crippen molar-refractivity contribution in [2.75, 3.05) is 17.6 Å². The number of nitrogens with one attached hydrogen (secondary N) is 3. The summed E-state index contributed by atoms with van der Waals surface area (Å²) in [5.74, 6) is 3.63. The Morgan fingerprint density at radius 1 is 0.800 bits per heavy atom. The smallest absolute Gasteiger partial charge is 0.337 e. The van der Waals surface area contributed by atoms with Gasteiger partial charge < -0.3 is 36.0 Å². The van der Waals surface area contributed by atoms with Crippen LogP contribution in [0.2, 0.25) is 15.1 Å². The number of aryl methyl sites for hydroxylation is 1. The lowest BCUT2D eigenvalue weighted by Gasteiger charge is -2.52. The molecular weight excluding hydrogens is 1270 g/mol. The van der Waals surface area contributed by atoms with Crippen molar-refractivity contribution in [3.05, 3.63) is 130 Å². The molecule has 2 fully saturated rings. The number of amides is 2. The summed E-state index contributed by atoms with van der Waals surface area (Å²) in [4.78, 5) is 43.1. The number of halogens is 3. The number of aromatic hydroxyl groups is 1. The number of nitrogens with zero attached hydrogens (tertiary/aromatic N) is 1. The summed E-state index contributed by atoms with van der Waals surface area (Å²) in [5, 5.41) is 40.8. The molecule has 17 nitrogen and oxygen atoms in total. The number of rotatable bonds is 15. The van der Waals surface area contributed by atoms with E-state index in [0.717, 1.165) is 55.0 Å². The molecule has 8 N–H and O–H groups in total. The molecule has 0 spiro atoms. The van der Waals surface area contributed by atoms with Crippen LogP contribution in [0.15, 0.2) is 74.3 Å². The van der Waals surface area contributed by atoms with Gasteiger partial charge in [0.15, 0.2) is 21.3 Å². The maximum Gasteiger partial charge on any atom is 0.337 e. The van der Waals surface area contributed by atoms with E-state index in [2.05, 4.69) is 40.8 Å². The molecule has 90 heavy (non-hydrogen) atoms. The summed E-state index contributed by atoms with van der Waals surface area (Å²) in [6, 6.07) is 16.6. The number of hydrogen-bond donors (Lipinski definition) is 8. The van der Waals surface area contributed by atoms with Crippen molar-refractivity contribution >= 4 is 95.8 Å². The van der Waals surface area contributed by atoms with Crippen LogP contribution in [0.1, 0.15) is 192 Å². The van der Waals surface area contributed by atoms with Gasteiger partial charge in [0, 0.05) is 62.8 Å². The predicted octanol–water partition coefficient (Wildman–Crippen LogP) is 12.2. The number of carbonyl (C=O) groups excluding carboxylic acids is 2. The first-order valence-electron chi connectivity index (χ1n) is 30.4. The molecule has 2 saturated carbocycles. The van der Waals surface area contributed by atoms with E-state index in [4.69, 9.17) is 44.5 Å². The highest BCUT2D eigenvalue weighted by Crippen LogP contribution is 2.64. The zero-order valence-corrected chi connectivity index (χ0v) is 55.7. The molecule has 0 bridgehead atoms. The zero-order chi connectivity index (χ0) is 64.9. The van der Waals surface area contributed by atoms with Gasteiger partial charge in [-0.2, -0.15) is 16.8 Å². The molecule has 23 heteroatoms. The van der Waals surface area contributed by atoms with Crippen molar-refractivity contribution in [2.45, 2.75) is 181 Å². The molecule has 6 aliphatic rings. The zero-order valence-electron chi connectivity index (χ0n) is 51.0. The van der Waals surface area contributed by atoms with E-state index < -0.39 is 86.6 Å². The van der Waals surface area contributed by atoms with Crippen LogP contribution in [0.5, 0.6) is 17.2 Å². The second-order valence-electron chi connectivity index (χ2n) is 26.8. The number of aromatic carboxylic acids is 1. The van der Waals surface area contributed by atoms with Gasteiger partial charge in [0.05, 0.1) is 43.0 Å². The van der Waals surface area contributed by atoms with Gasteiger partial charge in [-0.25, -0.2) is 4.79 Å². The molecule has 2 amide bonds. The number of carboxylic acids is 1. The number of carboxylic acid groups (broad SMARTS) is 1. The number of aliphatic hydroxyl groups is 1.